The van der Waals surface area contributed by atoms with Gasteiger partial charge < -0.3 is 14.7 Å². The van der Waals surface area contributed by atoms with Crippen molar-refractivity contribution in [2.45, 2.75) is 55.7 Å². The van der Waals surface area contributed by atoms with Crippen LogP contribution in [0.3, 0.4) is 0 Å². The highest BCUT2D eigenvalue weighted by atomic mass is 16.6. The van der Waals surface area contributed by atoms with Crippen molar-refractivity contribution in [3.05, 3.63) is 89.2 Å². The first-order chi connectivity index (χ1) is 17.1. The van der Waals surface area contributed by atoms with E-state index in [4.69, 9.17) is 4.74 Å². The van der Waals surface area contributed by atoms with E-state index in [0.717, 1.165) is 19.3 Å². The number of carbonyl (C=O) groups excluding carboxylic acids is 1. The number of nitrogens with zero attached hydrogens (tertiary/aromatic N) is 3. The van der Waals surface area contributed by atoms with Gasteiger partial charge in [0.05, 0.1) is 5.60 Å². The average molecular weight is 466 g/mol. The van der Waals surface area contributed by atoms with E-state index in [1.165, 1.54) is 22.3 Å². The lowest BCUT2D eigenvalue weighted by Crippen LogP contribution is -2.59. The number of ether oxygens (including phenoxy) is 1. The van der Waals surface area contributed by atoms with Gasteiger partial charge in [-0.25, -0.2) is 9.78 Å². The van der Waals surface area contributed by atoms with Crippen LogP contribution in [-0.4, -0.2) is 39.8 Å². The topological polar surface area (TPSA) is 86.5 Å². The van der Waals surface area contributed by atoms with Crippen LogP contribution in [0, 0.1) is 11.3 Å². The Morgan fingerprint density at radius 1 is 1.06 bits per heavy atom. The quantitative estimate of drug-likeness (QED) is 0.581. The summed E-state index contributed by atoms with van der Waals surface area (Å²) in [6.07, 6.45) is 4.83. The minimum Gasteiger partial charge on any atom is -0.448 e. The summed E-state index contributed by atoms with van der Waals surface area (Å²) >= 11 is 0. The third kappa shape index (κ3) is 3.67. The minimum absolute atomic E-state index is 0.0223. The molecular weight excluding hydrogens is 438 g/mol. The fourth-order valence-electron chi connectivity index (χ4n) is 6.41. The first-order valence-electron chi connectivity index (χ1n) is 12.3. The van der Waals surface area contributed by atoms with E-state index in [9.17, 15) is 15.2 Å². The molecule has 6 nitrogen and oxygen atoms in total. The number of pyridine rings is 1. The zero-order chi connectivity index (χ0) is 24.0. The first kappa shape index (κ1) is 21.8. The van der Waals surface area contributed by atoms with Crippen LogP contribution >= 0.6 is 0 Å². The average Bonchev–Trinajstić information content (AvgIpc) is 3.20. The van der Waals surface area contributed by atoms with Gasteiger partial charge in [-0.15, -0.1) is 0 Å². The first-order valence-corrected chi connectivity index (χ1v) is 12.3. The molecule has 3 aromatic rings. The highest BCUT2D eigenvalue weighted by Crippen LogP contribution is 2.46. The fourth-order valence-corrected chi connectivity index (χ4v) is 6.41. The summed E-state index contributed by atoms with van der Waals surface area (Å²) in [5, 5.41) is 20.8. The molecule has 0 spiro atoms. The lowest BCUT2D eigenvalue weighted by atomic mass is 9.73. The smallest absolute Gasteiger partial charge is 0.410 e. The number of piperidine rings is 2. The predicted octanol–water partition coefficient (Wildman–Crippen LogP) is 5.11. The van der Waals surface area contributed by atoms with Crippen molar-refractivity contribution < 1.29 is 14.6 Å². The molecular formula is C29H27N3O3. The summed E-state index contributed by atoms with van der Waals surface area (Å²) in [6.45, 7) is 0.295. The number of rotatable bonds is 3. The molecule has 2 unspecified atom stereocenters. The molecule has 6 heteroatoms. The number of carbonyl (C=O) groups is 1. The fraction of sp³-hybridized carbons (Fsp3) is 0.345. The lowest BCUT2D eigenvalue weighted by molar-refractivity contribution is -0.0891. The van der Waals surface area contributed by atoms with E-state index < -0.39 is 5.60 Å². The summed E-state index contributed by atoms with van der Waals surface area (Å²) in [5.41, 5.74) is 4.72. The Morgan fingerprint density at radius 3 is 2.31 bits per heavy atom. The van der Waals surface area contributed by atoms with Gasteiger partial charge in [-0.3, -0.25) is 0 Å². The predicted molar refractivity (Wildman–Crippen MR) is 130 cm³/mol. The van der Waals surface area contributed by atoms with Crippen molar-refractivity contribution in [2.24, 2.45) is 0 Å². The Labute approximate surface area is 204 Å². The van der Waals surface area contributed by atoms with Crippen LogP contribution < -0.4 is 0 Å². The number of hydrogen-bond acceptors (Lipinski definition) is 5. The molecule has 6 rings (SSSR count). The highest BCUT2D eigenvalue weighted by Gasteiger charge is 2.49. The van der Waals surface area contributed by atoms with E-state index in [1.807, 2.05) is 29.2 Å². The number of benzene rings is 2. The van der Waals surface area contributed by atoms with E-state index >= 15 is 0 Å². The van der Waals surface area contributed by atoms with Crippen LogP contribution in [0.25, 0.3) is 11.1 Å². The zero-order valence-corrected chi connectivity index (χ0v) is 19.4. The molecule has 1 N–H and O–H groups in total. The summed E-state index contributed by atoms with van der Waals surface area (Å²) < 4.78 is 5.98. The monoisotopic (exact) mass is 465 g/mol. The summed E-state index contributed by atoms with van der Waals surface area (Å²) in [6, 6.07) is 22.0. The Hall–Kier alpha value is -3.69. The number of nitriles is 1. The molecule has 2 bridgehead atoms. The molecule has 176 valence electrons. The van der Waals surface area contributed by atoms with Crippen molar-refractivity contribution in [1.29, 1.82) is 5.26 Å². The van der Waals surface area contributed by atoms with Gasteiger partial charge in [0, 0.05) is 37.0 Å². The Bertz CT molecular complexity index is 1270. The molecule has 35 heavy (non-hydrogen) atoms. The van der Waals surface area contributed by atoms with Gasteiger partial charge in [0.1, 0.15) is 18.4 Å². The molecule has 2 aliphatic heterocycles. The normalized spacial score (nSPS) is 24.9. The third-order valence-corrected chi connectivity index (χ3v) is 7.97. The maximum atomic E-state index is 13.4. The van der Waals surface area contributed by atoms with Gasteiger partial charge in [-0.05, 0) is 59.2 Å². The van der Waals surface area contributed by atoms with Crippen molar-refractivity contribution in [1.82, 2.24) is 9.88 Å². The molecule has 0 saturated carbocycles. The number of fused-ring (bicyclic) bond motifs is 5. The van der Waals surface area contributed by atoms with Gasteiger partial charge in [0.25, 0.3) is 0 Å². The molecule has 1 amide bonds. The van der Waals surface area contributed by atoms with Crippen molar-refractivity contribution >= 4 is 6.09 Å². The second-order valence-corrected chi connectivity index (χ2v) is 9.93. The van der Waals surface area contributed by atoms with Crippen molar-refractivity contribution in [3.8, 4) is 17.2 Å². The van der Waals surface area contributed by atoms with Crippen molar-refractivity contribution in [2.75, 3.05) is 6.61 Å². The molecule has 2 saturated heterocycles. The zero-order valence-electron chi connectivity index (χ0n) is 19.4. The van der Waals surface area contributed by atoms with Gasteiger partial charge in [0.2, 0.25) is 0 Å². The third-order valence-electron chi connectivity index (χ3n) is 7.97. The summed E-state index contributed by atoms with van der Waals surface area (Å²) in [7, 11) is 0. The van der Waals surface area contributed by atoms with Crippen LogP contribution in [0.4, 0.5) is 4.79 Å². The highest BCUT2D eigenvalue weighted by molar-refractivity contribution is 5.79. The van der Waals surface area contributed by atoms with Gasteiger partial charge in [-0.1, -0.05) is 48.5 Å². The molecule has 3 aliphatic rings. The SMILES string of the molecule is N#Cc1cc(C2(O)CC3CCCC(C2)N3C(=O)OCC2c3ccccc3-c3ccccc32)ccn1. The summed E-state index contributed by atoms with van der Waals surface area (Å²) in [4.78, 5) is 19.3. The van der Waals surface area contributed by atoms with Crippen molar-refractivity contribution in [3.63, 3.8) is 0 Å². The molecule has 2 atom stereocenters. The molecule has 1 aliphatic carbocycles. The van der Waals surface area contributed by atoms with Crippen LogP contribution in [-0.2, 0) is 10.3 Å². The second-order valence-electron chi connectivity index (χ2n) is 9.93. The minimum atomic E-state index is -1.08. The molecule has 2 aromatic carbocycles. The number of amides is 1. The maximum absolute atomic E-state index is 13.4. The van der Waals surface area contributed by atoms with Crippen LogP contribution in [0.2, 0.25) is 0 Å². The van der Waals surface area contributed by atoms with E-state index in [0.29, 0.717) is 30.7 Å². The Balaban J connectivity index is 1.21. The van der Waals surface area contributed by atoms with Crippen LogP contribution in [0.5, 0.6) is 0 Å². The standard InChI is InChI=1S/C29H27N3O3/c30-17-20-14-19(12-13-31-20)29(34)15-21-6-5-7-22(16-29)32(21)28(33)35-18-27-25-10-3-1-8-23(25)24-9-2-4-11-26(24)27/h1-4,8-14,21-22,27,34H,5-7,15-16,18H2. The number of hydrogen-bond donors (Lipinski definition) is 1. The van der Waals surface area contributed by atoms with Crippen LogP contribution in [0.1, 0.15) is 60.4 Å². The number of aromatic nitrogens is 1. The molecule has 1 aromatic heterocycles. The van der Waals surface area contributed by atoms with E-state index in [-0.39, 0.29) is 24.1 Å². The van der Waals surface area contributed by atoms with Gasteiger partial charge in [0.15, 0.2) is 0 Å². The maximum Gasteiger partial charge on any atom is 0.410 e. The second kappa shape index (κ2) is 8.51. The molecule has 3 heterocycles. The Kier molecular flexibility index (Phi) is 5.31. The number of aliphatic hydroxyl groups is 1. The van der Waals surface area contributed by atoms with Gasteiger partial charge >= 0.3 is 6.09 Å². The van der Waals surface area contributed by atoms with E-state index in [1.54, 1.807) is 18.3 Å². The summed E-state index contributed by atoms with van der Waals surface area (Å²) in [5.74, 6) is 0.0223. The van der Waals surface area contributed by atoms with E-state index in [2.05, 4.69) is 35.3 Å². The van der Waals surface area contributed by atoms with Gasteiger partial charge in [-0.2, -0.15) is 5.26 Å². The largest absolute Gasteiger partial charge is 0.448 e. The van der Waals surface area contributed by atoms with Crippen LogP contribution in [0.15, 0.2) is 66.9 Å². The lowest BCUT2D eigenvalue weighted by Gasteiger charge is -2.51. The Morgan fingerprint density at radius 2 is 1.69 bits per heavy atom. The molecule has 2 fully saturated rings. The molecule has 0 radical (unpaired) electrons.